The van der Waals surface area contributed by atoms with E-state index in [1.165, 1.54) is 24.3 Å². The van der Waals surface area contributed by atoms with Crippen LogP contribution in [0.25, 0.3) is 0 Å². The van der Waals surface area contributed by atoms with Crippen molar-refractivity contribution in [3.8, 4) is 0 Å². The second-order valence-electron chi connectivity index (χ2n) is 6.79. The van der Waals surface area contributed by atoms with Gasteiger partial charge in [-0.15, -0.1) is 0 Å². The molecule has 1 heterocycles. The zero-order valence-corrected chi connectivity index (χ0v) is 17.3. The van der Waals surface area contributed by atoms with Crippen LogP contribution >= 0.6 is 15.9 Å². The number of carbonyl (C=O) groups excluding carboxylic acids is 1. The number of hydrogen-bond acceptors (Lipinski definition) is 3. The van der Waals surface area contributed by atoms with Crippen LogP contribution in [0.5, 0.6) is 0 Å². The molecule has 2 atom stereocenters. The van der Waals surface area contributed by atoms with E-state index in [9.17, 15) is 17.6 Å². The zero-order valence-electron chi connectivity index (χ0n) is 14.9. The molecule has 27 heavy (non-hydrogen) atoms. The van der Waals surface area contributed by atoms with Gasteiger partial charge < -0.3 is 4.90 Å². The standard InChI is InChI=1S/C19H20BrFN2O3S/c1-12-9-14-10-15(20)5-8-18(14)23(12)19(24)11-17(22-27(2,25)26)13-3-6-16(21)7-4-13/h3-8,10,12,17,22H,9,11H2,1-2H3. The number of halogens is 2. The topological polar surface area (TPSA) is 66.5 Å². The number of hydrogen-bond donors (Lipinski definition) is 1. The molecule has 2 aromatic carbocycles. The number of benzene rings is 2. The monoisotopic (exact) mass is 454 g/mol. The third-order valence-corrected chi connectivity index (χ3v) is 5.74. The van der Waals surface area contributed by atoms with Gasteiger partial charge in [-0.05, 0) is 54.8 Å². The molecule has 1 amide bonds. The molecule has 0 bridgehead atoms. The van der Waals surface area contributed by atoms with E-state index >= 15 is 0 Å². The summed E-state index contributed by atoms with van der Waals surface area (Å²) in [5.41, 5.74) is 2.45. The second kappa shape index (κ2) is 7.69. The Kier molecular flexibility index (Phi) is 5.69. The molecular weight excluding hydrogens is 435 g/mol. The predicted octanol–water partition coefficient (Wildman–Crippen LogP) is 3.55. The van der Waals surface area contributed by atoms with Gasteiger partial charge >= 0.3 is 0 Å². The normalized spacial score (nSPS) is 17.6. The molecule has 0 saturated heterocycles. The van der Waals surface area contributed by atoms with E-state index < -0.39 is 21.9 Å². The van der Waals surface area contributed by atoms with Crippen LogP contribution in [-0.4, -0.2) is 26.6 Å². The van der Waals surface area contributed by atoms with Crippen molar-refractivity contribution in [2.75, 3.05) is 11.2 Å². The van der Waals surface area contributed by atoms with Gasteiger partial charge in [-0.3, -0.25) is 4.79 Å². The van der Waals surface area contributed by atoms with E-state index in [1.807, 2.05) is 25.1 Å². The summed E-state index contributed by atoms with van der Waals surface area (Å²) >= 11 is 3.44. The van der Waals surface area contributed by atoms with Gasteiger partial charge in [0.15, 0.2) is 0 Å². The molecule has 0 aromatic heterocycles. The van der Waals surface area contributed by atoms with Gasteiger partial charge in [-0.1, -0.05) is 28.1 Å². The molecule has 1 N–H and O–H groups in total. The maximum Gasteiger partial charge on any atom is 0.229 e. The van der Waals surface area contributed by atoms with Crippen LogP contribution in [0.15, 0.2) is 46.9 Å². The summed E-state index contributed by atoms with van der Waals surface area (Å²) < 4.78 is 40.2. The van der Waals surface area contributed by atoms with Gasteiger partial charge in [0.25, 0.3) is 0 Å². The van der Waals surface area contributed by atoms with E-state index in [1.54, 1.807) is 4.90 Å². The lowest BCUT2D eigenvalue weighted by Gasteiger charge is -2.26. The van der Waals surface area contributed by atoms with Crippen molar-refractivity contribution >= 4 is 37.5 Å². The van der Waals surface area contributed by atoms with Crippen molar-refractivity contribution < 1.29 is 17.6 Å². The van der Waals surface area contributed by atoms with Crippen molar-refractivity contribution in [3.05, 3.63) is 63.9 Å². The highest BCUT2D eigenvalue weighted by atomic mass is 79.9. The van der Waals surface area contributed by atoms with Crippen molar-refractivity contribution in [1.29, 1.82) is 0 Å². The average Bonchev–Trinajstić information content (AvgIpc) is 2.88. The smallest absolute Gasteiger partial charge is 0.229 e. The molecule has 0 spiro atoms. The van der Waals surface area contributed by atoms with E-state index in [-0.39, 0.29) is 18.4 Å². The van der Waals surface area contributed by atoms with Crippen LogP contribution in [0, 0.1) is 5.82 Å². The minimum absolute atomic E-state index is 0.0195. The highest BCUT2D eigenvalue weighted by Gasteiger charge is 2.32. The van der Waals surface area contributed by atoms with Gasteiger partial charge in [0.1, 0.15) is 5.82 Å². The van der Waals surface area contributed by atoms with E-state index in [4.69, 9.17) is 0 Å². The first kappa shape index (κ1) is 20.0. The lowest BCUT2D eigenvalue weighted by Crippen LogP contribution is -2.39. The Morgan fingerprint density at radius 2 is 1.96 bits per heavy atom. The summed E-state index contributed by atoms with van der Waals surface area (Å²) in [5.74, 6) is -0.607. The Balaban J connectivity index is 1.87. The molecule has 3 rings (SSSR count). The SMILES string of the molecule is CC1Cc2cc(Br)ccc2N1C(=O)CC(NS(C)(=O)=O)c1ccc(F)cc1. The molecule has 5 nitrogen and oxygen atoms in total. The van der Waals surface area contributed by atoms with Crippen LogP contribution in [0.2, 0.25) is 0 Å². The zero-order chi connectivity index (χ0) is 19.8. The van der Waals surface area contributed by atoms with E-state index in [0.29, 0.717) is 5.56 Å². The average molecular weight is 455 g/mol. The van der Waals surface area contributed by atoms with Crippen LogP contribution in [0.3, 0.4) is 0 Å². The van der Waals surface area contributed by atoms with E-state index in [0.717, 1.165) is 28.4 Å². The first-order valence-corrected chi connectivity index (χ1v) is 11.2. The molecule has 0 saturated carbocycles. The second-order valence-corrected chi connectivity index (χ2v) is 9.48. The molecule has 1 aliphatic rings. The minimum Gasteiger partial charge on any atom is -0.309 e. The molecule has 0 fully saturated rings. The third kappa shape index (κ3) is 4.75. The predicted molar refractivity (Wildman–Crippen MR) is 107 cm³/mol. The fourth-order valence-corrected chi connectivity index (χ4v) is 4.58. The van der Waals surface area contributed by atoms with Crippen LogP contribution in [-0.2, 0) is 21.2 Å². The molecule has 2 unspecified atom stereocenters. The quantitative estimate of drug-likeness (QED) is 0.750. The van der Waals surface area contributed by atoms with Crippen molar-refractivity contribution in [1.82, 2.24) is 4.72 Å². The number of rotatable bonds is 5. The highest BCUT2D eigenvalue weighted by molar-refractivity contribution is 9.10. The fraction of sp³-hybridized carbons (Fsp3) is 0.316. The number of nitrogens with one attached hydrogen (secondary N) is 1. The lowest BCUT2D eigenvalue weighted by atomic mass is 10.0. The molecule has 8 heteroatoms. The van der Waals surface area contributed by atoms with Crippen LogP contribution < -0.4 is 9.62 Å². The number of nitrogens with zero attached hydrogens (tertiary/aromatic N) is 1. The van der Waals surface area contributed by atoms with E-state index in [2.05, 4.69) is 20.7 Å². The number of sulfonamides is 1. The molecule has 0 aliphatic carbocycles. The van der Waals surface area contributed by atoms with Gasteiger partial charge in [-0.25, -0.2) is 17.5 Å². The first-order chi connectivity index (χ1) is 12.6. The summed E-state index contributed by atoms with van der Waals surface area (Å²) in [6.45, 7) is 1.96. The largest absolute Gasteiger partial charge is 0.309 e. The fourth-order valence-electron chi connectivity index (χ4n) is 3.43. The summed E-state index contributed by atoms with van der Waals surface area (Å²) in [6, 6.07) is 10.5. The molecule has 1 aliphatic heterocycles. The lowest BCUT2D eigenvalue weighted by molar-refractivity contribution is -0.119. The number of anilines is 1. The number of amides is 1. The molecule has 144 valence electrons. The van der Waals surface area contributed by atoms with Crippen LogP contribution in [0.4, 0.5) is 10.1 Å². The maximum atomic E-state index is 13.2. The minimum atomic E-state index is -3.55. The summed E-state index contributed by atoms with van der Waals surface area (Å²) in [7, 11) is -3.55. The van der Waals surface area contributed by atoms with Crippen molar-refractivity contribution in [2.24, 2.45) is 0 Å². The Morgan fingerprint density at radius 1 is 1.30 bits per heavy atom. The molecular formula is C19H20BrFN2O3S. The van der Waals surface area contributed by atoms with Crippen molar-refractivity contribution in [3.63, 3.8) is 0 Å². The summed E-state index contributed by atoms with van der Waals surface area (Å²) in [4.78, 5) is 14.8. The summed E-state index contributed by atoms with van der Waals surface area (Å²) in [6.07, 6.45) is 1.72. The Bertz CT molecular complexity index is 963. The molecule has 0 radical (unpaired) electrons. The maximum absolute atomic E-state index is 13.2. The number of carbonyl (C=O) groups is 1. The Labute approximate surface area is 166 Å². The van der Waals surface area contributed by atoms with Crippen LogP contribution in [0.1, 0.15) is 30.5 Å². The van der Waals surface area contributed by atoms with Crippen molar-refractivity contribution in [2.45, 2.75) is 31.8 Å². The Hall–Kier alpha value is -1.77. The number of fused-ring (bicyclic) bond motifs is 1. The highest BCUT2D eigenvalue weighted by Crippen LogP contribution is 2.35. The first-order valence-electron chi connectivity index (χ1n) is 8.47. The van der Waals surface area contributed by atoms with Gasteiger partial charge in [0.05, 0.1) is 12.3 Å². The molecule has 2 aromatic rings. The summed E-state index contributed by atoms with van der Waals surface area (Å²) in [5, 5.41) is 0. The van der Waals surface area contributed by atoms with Gasteiger partial charge in [0, 0.05) is 22.6 Å². The van der Waals surface area contributed by atoms with Gasteiger partial charge in [0.2, 0.25) is 15.9 Å². The third-order valence-electron chi connectivity index (χ3n) is 4.53. The van der Waals surface area contributed by atoms with Gasteiger partial charge in [-0.2, -0.15) is 0 Å². The Morgan fingerprint density at radius 3 is 2.59 bits per heavy atom.